The van der Waals surface area contributed by atoms with E-state index in [1.54, 1.807) is 0 Å². The van der Waals surface area contributed by atoms with Gasteiger partial charge in [0.05, 0.1) is 0 Å². The Hall–Kier alpha value is -1.85. The van der Waals surface area contributed by atoms with Gasteiger partial charge in [-0.1, -0.05) is 290 Å². The first-order valence-electron chi connectivity index (χ1n) is 30.2. The number of hydrogen-bond acceptors (Lipinski definition) is 6. The molecule has 0 bridgehead atoms. The van der Waals surface area contributed by atoms with Crippen molar-refractivity contribution in [1.82, 2.24) is 0 Å². The monoisotopic (exact) mass is 945 g/mol. The van der Waals surface area contributed by atoms with Crippen molar-refractivity contribution >= 4 is 17.9 Å². The molecule has 0 radical (unpaired) electrons. The van der Waals surface area contributed by atoms with Gasteiger partial charge in [0.2, 0.25) is 0 Å². The standard InChI is InChI=1S/C61H116O6/c1-4-7-10-13-16-19-22-25-26-27-28-29-30-31-32-33-34-37-39-42-45-48-51-54-60(63)66-57-58(67-61(64)55-52-49-46-43-40-36-24-21-18-15-12-9-6-3)56-65-59(62)53-50-47-44-41-38-35-23-20-17-14-11-8-5-2/h27-28,58H,4-26,29-57H2,1-3H3/b28-27-. The van der Waals surface area contributed by atoms with Crippen molar-refractivity contribution in [3.8, 4) is 0 Å². The number of ether oxygens (including phenoxy) is 3. The normalized spacial score (nSPS) is 12.0. The molecule has 0 amide bonds. The summed E-state index contributed by atoms with van der Waals surface area (Å²) in [6.45, 7) is 6.69. The highest BCUT2D eigenvalue weighted by Gasteiger charge is 2.19. The lowest BCUT2D eigenvalue weighted by Crippen LogP contribution is -2.30. The minimum atomic E-state index is -0.764. The number of unbranched alkanes of at least 4 members (excludes halogenated alkanes) is 43. The second-order valence-electron chi connectivity index (χ2n) is 20.6. The average Bonchev–Trinajstić information content (AvgIpc) is 3.33. The smallest absolute Gasteiger partial charge is 0.306 e. The van der Waals surface area contributed by atoms with Gasteiger partial charge in [0.1, 0.15) is 13.2 Å². The zero-order chi connectivity index (χ0) is 48.6. The molecule has 0 N–H and O–H groups in total. The first-order chi connectivity index (χ1) is 33.0. The van der Waals surface area contributed by atoms with Crippen LogP contribution < -0.4 is 0 Å². The van der Waals surface area contributed by atoms with Crippen molar-refractivity contribution in [1.29, 1.82) is 0 Å². The number of hydrogen-bond donors (Lipinski definition) is 0. The fourth-order valence-electron chi connectivity index (χ4n) is 9.21. The third-order valence-corrected chi connectivity index (χ3v) is 13.8. The van der Waals surface area contributed by atoms with Crippen LogP contribution in [0, 0.1) is 0 Å². The van der Waals surface area contributed by atoms with Crippen molar-refractivity contribution in [3.05, 3.63) is 12.2 Å². The van der Waals surface area contributed by atoms with Gasteiger partial charge in [-0.2, -0.15) is 0 Å². The Labute approximate surface area is 418 Å². The van der Waals surface area contributed by atoms with Gasteiger partial charge in [-0.25, -0.2) is 0 Å². The molecule has 6 nitrogen and oxygen atoms in total. The minimum absolute atomic E-state index is 0.0638. The highest BCUT2D eigenvalue weighted by Crippen LogP contribution is 2.17. The topological polar surface area (TPSA) is 78.9 Å². The summed E-state index contributed by atoms with van der Waals surface area (Å²) in [4.78, 5) is 38.1. The summed E-state index contributed by atoms with van der Waals surface area (Å²) in [7, 11) is 0. The van der Waals surface area contributed by atoms with Crippen LogP contribution in [0.3, 0.4) is 0 Å². The van der Waals surface area contributed by atoms with Gasteiger partial charge < -0.3 is 14.2 Å². The summed E-state index contributed by atoms with van der Waals surface area (Å²) >= 11 is 0. The van der Waals surface area contributed by atoms with Gasteiger partial charge in [-0.3, -0.25) is 14.4 Å². The lowest BCUT2D eigenvalue weighted by molar-refractivity contribution is -0.167. The van der Waals surface area contributed by atoms with Gasteiger partial charge in [-0.15, -0.1) is 0 Å². The second-order valence-corrected chi connectivity index (χ2v) is 20.6. The van der Waals surface area contributed by atoms with E-state index in [1.807, 2.05) is 0 Å². The Kier molecular flexibility index (Phi) is 55.2. The van der Waals surface area contributed by atoms with E-state index in [1.165, 1.54) is 244 Å². The second kappa shape index (κ2) is 56.7. The molecule has 0 spiro atoms. The zero-order valence-electron chi connectivity index (χ0n) is 45.5. The van der Waals surface area contributed by atoms with Crippen LogP contribution >= 0.6 is 0 Å². The molecule has 0 aliphatic heterocycles. The fraction of sp³-hybridized carbons (Fsp3) is 0.918. The van der Waals surface area contributed by atoms with E-state index in [0.29, 0.717) is 19.3 Å². The Morgan fingerprint density at radius 1 is 0.284 bits per heavy atom. The Bertz CT molecular complexity index is 1040. The maximum atomic E-state index is 12.8. The molecular formula is C61H116O6. The molecule has 0 saturated carbocycles. The zero-order valence-corrected chi connectivity index (χ0v) is 45.5. The molecule has 0 rings (SSSR count). The summed E-state index contributed by atoms with van der Waals surface area (Å²) in [5.74, 6) is -0.839. The largest absolute Gasteiger partial charge is 0.462 e. The number of carbonyl (C=O) groups excluding carboxylic acids is 3. The van der Waals surface area contributed by atoms with E-state index in [2.05, 4.69) is 32.9 Å². The van der Waals surface area contributed by atoms with E-state index in [9.17, 15) is 14.4 Å². The molecule has 1 atom stereocenters. The summed E-state index contributed by atoms with van der Waals surface area (Å²) in [5, 5.41) is 0. The molecule has 6 heteroatoms. The lowest BCUT2D eigenvalue weighted by Gasteiger charge is -2.18. The molecule has 396 valence electrons. The molecule has 0 saturated heterocycles. The van der Waals surface area contributed by atoms with Crippen LogP contribution in [-0.2, 0) is 28.6 Å². The molecule has 1 unspecified atom stereocenters. The molecule has 0 aromatic carbocycles. The van der Waals surface area contributed by atoms with Crippen LogP contribution in [0.2, 0.25) is 0 Å². The third kappa shape index (κ3) is 55.0. The summed E-state index contributed by atoms with van der Waals surface area (Å²) in [6, 6.07) is 0. The van der Waals surface area contributed by atoms with E-state index in [4.69, 9.17) is 14.2 Å². The van der Waals surface area contributed by atoms with Gasteiger partial charge in [-0.05, 0) is 44.9 Å². The average molecular weight is 946 g/mol. The first kappa shape index (κ1) is 65.1. The van der Waals surface area contributed by atoms with Crippen LogP contribution in [0.1, 0.15) is 342 Å². The molecule has 0 aromatic heterocycles. The van der Waals surface area contributed by atoms with Gasteiger partial charge in [0.25, 0.3) is 0 Å². The predicted octanol–water partition coefficient (Wildman–Crippen LogP) is 20.1. The Morgan fingerprint density at radius 3 is 0.746 bits per heavy atom. The highest BCUT2D eigenvalue weighted by molar-refractivity contribution is 5.71. The van der Waals surface area contributed by atoms with Crippen LogP contribution in [0.15, 0.2) is 12.2 Å². The molecule has 0 aliphatic carbocycles. The van der Waals surface area contributed by atoms with Crippen molar-refractivity contribution in [2.75, 3.05) is 13.2 Å². The Morgan fingerprint density at radius 2 is 0.493 bits per heavy atom. The molecule has 67 heavy (non-hydrogen) atoms. The van der Waals surface area contributed by atoms with E-state index in [-0.39, 0.29) is 31.1 Å². The molecular weight excluding hydrogens is 829 g/mol. The maximum absolute atomic E-state index is 12.8. The number of carbonyl (C=O) groups is 3. The van der Waals surface area contributed by atoms with E-state index in [0.717, 1.165) is 57.8 Å². The van der Waals surface area contributed by atoms with Crippen LogP contribution in [0.5, 0.6) is 0 Å². The predicted molar refractivity (Wildman–Crippen MR) is 289 cm³/mol. The number of esters is 3. The molecule has 0 heterocycles. The number of rotatable bonds is 56. The van der Waals surface area contributed by atoms with Crippen molar-refractivity contribution in [3.63, 3.8) is 0 Å². The van der Waals surface area contributed by atoms with Crippen molar-refractivity contribution < 1.29 is 28.6 Å². The molecule has 0 fully saturated rings. The van der Waals surface area contributed by atoms with Crippen LogP contribution in [-0.4, -0.2) is 37.2 Å². The van der Waals surface area contributed by atoms with Gasteiger partial charge in [0.15, 0.2) is 6.10 Å². The highest BCUT2D eigenvalue weighted by atomic mass is 16.6. The Balaban J connectivity index is 4.21. The number of allylic oxidation sites excluding steroid dienone is 2. The van der Waals surface area contributed by atoms with Crippen molar-refractivity contribution in [2.45, 2.75) is 348 Å². The van der Waals surface area contributed by atoms with Gasteiger partial charge >= 0.3 is 17.9 Å². The fourth-order valence-corrected chi connectivity index (χ4v) is 9.21. The summed E-state index contributed by atoms with van der Waals surface area (Å²) in [6.07, 6.45) is 65.0. The minimum Gasteiger partial charge on any atom is -0.462 e. The molecule has 0 aromatic rings. The van der Waals surface area contributed by atoms with E-state index >= 15 is 0 Å². The van der Waals surface area contributed by atoms with E-state index < -0.39 is 6.10 Å². The van der Waals surface area contributed by atoms with Crippen LogP contribution in [0.4, 0.5) is 0 Å². The van der Waals surface area contributed by atoms with Crippen LogP contribution in [0.25, 0.3) is 0 Å². The third-order valence-electron chi connectivity index (χ3n) is 13.8. The van der Waals surface area contributed by atoms with Gasteiger partial charge in [0, 0.05) is 19.3 Å². The quantitative estimate of drug-likeness (QED) is 0.0262. The SMILES string of the molecule is CCCCCCCCCC/C=C\CCCCCCCCCCCCCC(=O)OCC(COC(=O)CCCCCCCCCCCCCCC)OC(=O)CCCCCCCCCCCCCCC. The lowest BCUT2D eigenvalue weighted by atomic mass is 10.0. The summed E-state index contributed by atoms with van der Waals surface area (Å²) in [5.41, 5.74) is 0. The maximum Gasteiger partial charge on any atom is 0.306 e. The first-order valence-corrected chi connectivity index (χ1v) is 30.2. The van der Waals surface area contributed by atoms with Crippen molar-refractivity contribution in [2.24, 2.45) is 0 Å². The summed E-state index contributed by atoms with van der Waals surface area (Å²) < 4.78 is 16.9. The molecule has 0 aliphatic rings.